The molecule has 1 aromatic carbocycles. The van der Waals surface area contributed by atoms with E-state index in [1.54, 1.807) is 18.3 Å². The Morgan fingerprint density at radius 3 is 2.81 bits per heavy atom. The number of furan rings is 1. The molecule has 9 heteroatoms. The molecule has 3 aromatic rings. The molecule has 160 valence electrons. The highest BCUT2D eigenvalue weighted by Crippen LogP contribution is 2.41. The number of esters is 1. The van der Waals surface area contributed by atoms with Crippen LogP contribution in [0.3, 0.4) is 0 Å². The Bertz CT molecular complexity index is 1110. The Morgan fingerprint density at radius 2 is 2.10 bits per heavy atom. The van der Waals surface area contributed by atoms with E-state index in [1.165, 1.54) is 7.11 Å². The van der Waals surface area contributed by atoms with E-state index in [-0.39, 0.29) is 24.5 Å². The highest BCUT2D eigenvalue weighted by atomic mass is 35.5. The van der Waals surface area contributed by atoms with Gasteiger partial charge in [0.15, 0.2) is 5.11 Å². The number of aromatic nitrogens is 1. The number of benzene rings is 1. The first-order chi connectivity index (χ1) is 15.0. The van der Waals surface area contributed by atoms with Crippen LogP contribution in [0.1, 0.15) is 30.0 Å². The number of thiocarbonyl (C=S) groups is 1. The van der Waals surface area contributed by atoms with Gasteiger partial charge in [0, 0.05) is 23.3 Å². The molecule has 3 heterocycles. The Morgan fingerprint density at radius 1 is 1.26 bits per heavy atom. The topological polar surface area (TPSA) is 67.6 Å². The van der Waals surface area contributed by atoms with E-state index in [1.807, 2.05) is 41.3 Å². The summed E-state index contributed by atoms with van der Waals surface area (Å²) in [5.74, 6) is 0.979. The number of carbonyl (C=O) groups is 1. The predicted molar refractivity (Wildman–Crippen MR) is 123 cm³/mol. The van der Waals surface area contributed by atoms with Gasteiger partial charge in [-0.1, -0.05) is 29.3 Å². The smallest absolute Gasteiger partial charge is 0.307 e. The summed E-state index contributed by atoms with van der Waals surface area (Å²) in [6.07, 6.45) is 1.93. The fourth-order valence-corrected chi connectivity index (χ4v) is 4.45. The summed E-state index contributed by atoms with van der Waals surface area (Å²) < 4.78 is 11.0. The maximum absolute atomic E-state index is 11.8. The highest BCUT2D eigenvalue weighted by molar-refractivity contribution is 7.80. The number of carbonyl (C=O) groups excluding carboxylic acids is 1. The number of hydrogen-bond donors (Lipinski definition) is 1. The molecule has 0 saturated carbocycles. The summed E-state index contributed by atoms with van der Waals surface area (Å²) in [6, 6.07) is 14.2. The van der Waals surface area contributed by atoms with E-state index in [0.717, 1.165) is 11.3 Å². The number of pyridine rings is 1. The van der Waals surface area contributed by atoms with Crippen LogP contribution in [0.15, 0.2) is 59.1 Å². The Labute approximate surface area is 195 Å². The first-order valence-corrected chi connectivity index (χ1v) is 10.7. The molecule has 4 rings (SSSR count). The van der Waals surface area contributed by atoms with Crippen molar-refractivity contribution >= 4 is 46.5 Å². The van der Waals surface area contributed by atoms with Gasteiger partial charge in [0.1, 0.15) is 17.6 Å². The lowest BCUT2D eigenvalue weighted by molar-refractivity contribution is -0.140. The van der Waals surface area contributed by atoms with Crippen molar-refractivity contribution in [1.29, 1.82) is 0 Å². The minimum Gasteiger partial charge on any atom is -0.469 e. The lowest BCUT2D eigenvalue weighted by atomic mass is 10.0. The molecule has 0 bridgehead atoms. The molecule has 0 radical (unpaired) electrons. The van der Waals surface area contributed by atoms with Crippen molar-refractivity contribution in [3.05, 3.63) is 76.2 Å². The van der Waals surface area contributed by atoms with Gasteiger partial charge in [0.2, 0.25) is 0 Å². The van der Waals surface area contributed by atoms with Gasteiger partial charge in [-0.3, -0.25) is 9.78 Å². The van der Waals surface area contributed by atoms with Crippen molar-refractivity contribution in [2.24, 2.45) is 0 Å². The van der Waals surface area contributed by atoms with Crippen LogP contribution in [0.4, 0.5) is 0 Å². The number of nitrogens with zero attached hydrogens (tertiary/aromatic N) is 2. The van der Waals surface area contributed by atoms with Crippen LogP contribution in [0.25, 0.3) is 11.3 Å². The van der Waals surface area contributed by atoms with Gasteiger partial charge < -0.3 is 19.4 Å². The summed E-state index contributed by atoms with van der Waals surface area (Å²) in [5, 5.41) is 4.89. The van der Waals surface area contributed by atoms with Gasteiger partial charge >= 0.3 is 5.97 Å². The van der Waals surface area contributed by atoms with E-state index < -0.39 is 0 Å². The molecule has 2 aromatic heterocycles. The standard InChI is InChI=1S/C22H19Cl2N3O3S/c1-29-19(28)9-11-27-21(20(26-22(27)31)16-4-2-3-10-25-16)18-8-7-17(30-18)14-6-5-13(23)12-15(14)24/h2-8,10,12,20-21H,9,11H2,1H3,(H,26,31)/t20-,21-/m1/s1. The first kappa shape index (κ1) is 21.6. The monoisotopic (exact) mass is 475 g/mol. The van der Waals surface area contributed by atoms with Crippen molar-refractivity contribution in [2.75, 3.05) is 13.7 Å². The van der Waals surface area contributed by atoms with Crippen LogP contribution < -0.4 is 5.32 Å². The second kappa shape index (κ2) is 9.26. The lowest BCUT2D eigenvalue weighted by Gasteiger charge is -2.25. The van der Waals surface area contributed by atoms with Gasteiger partial charge in [-0.15, -0.1) is 0 Å². The summed E-state index contributed by atoms with van der Waals surface area (Å²) >= 11 is 18.0. The number of nitrogens with one attached hydrogen (secondary N) is 1. The molecule has 2 atom stereocenters. The quantitative estimate of drug-likeness (QED) is 0.388. The zero-order valence-corrected chi connectivity index (χ0v) is 18.9. The average Bonchev–Trinajstić information content (AvgIpc) is 3.37. The minimum absolute atomic E-state index is 0.195. The molecule has 1 aliphatic heterocycles. The van der Waals surface area contributed by atoms with Crippen molar-refractivity contribution in [1.82, 2.24) is 15.2 Å². The van der Waals surface area contributed by atoms with Gasteiger partial charge in [0.25, 0.3) is 0 Å². The minimum atomic E-state index is -0.309. The fraction of sp³-hybridized carbons (Fsp3) is 0.227. The highest BCUT2D eigenvalue weighted by Gasteiger charge is 2.41. The van der Waals surface area contributed by atoms with Crippen molar-refractivity contribution in [3.63, 3.8) is 0 Å². The number of ether oxygens (including phenoxy) is 1. The van der Waals surface area contributed by atoms with Gasteiger partial charge in [-0.25, -0.2) is 0 Å². The zero-order chi connectivity index (χ0) is 22.0. The molecular formula is C22H19Cl2N3O3S. The predicted octanol–water partition coefficient (Wildman–Crippen LogP) is 5.18. The zero-order valence-electron chi connectivity index (χ0n) is 16.5. The molecule has 0 spiro atoms. The lowest BCUT2D eigenvalue weighted by Crippen LogP contribution is -2.31. The second-order valence-electron chi connectivity index (χ2n) is 6.97. The maximum Gasteiger partial charge on any atom is 0.307 e. The summed E-state index contributed by atoms with van der Waals surface area (Å²) in [7, 11) is 1.37. The molecule has 1 saturated heterocycles. The van der Waals surface area contributed by atoms with Crippen molar-refractivity contribution < 1.29 is 13.9 Å². The fourth-order valence-electron chi connectivity index (χ4n) is 3.61. The van der Waals surface area contributed by atoms with Crippen molar-refractivity contribution in [2.45, 2.75) is 18.5 Å². The van der Waals surface area contributed by atoms with Crippen molar-refractivity contribution in [3.8, 4) is 11.3 Å². The molecule has 1 aliphatic rings. The third-order valence-corrected chi connectivity index (χ3v) is 6.00. The SMILES string of the molecule is COC(=O)CCN1C(=S)N[C@H](c2ccccn2)[C@H]1c1ccc(-c2ccc(Cl)cc2Cl)o1. The van der Waals surface area contributed by atoms with E-state index >= 15 is 0 Å². The van der Waals surface area contributed by atoms with Crippen LogP contribution in [-0.2, 0) is 9.53 Å². The maximum atomic E-state index is 11.8. The average molecular weight is 476 g/mol. The third-order valence-electron chi connectivity index (χ3n) is 5.10. The molecule has 0 amide bonds. The van der Waals surface area contributed by atoms with Crippen LogP contribution in [-0.4, -0.2) is 34.6 Å². The van der Waals surface area contributed by atoms with Gasteiger partial charge in [-0.2, -0.15) is 0 Å². The van der Waals surface area contributed by atoms with E-state index in [2.05, 4.69) is 10.3 Å². The van der Waals surface area contributed by atoms with E-state index in [4.69, 9.17) is 44.6 Å². The molecule has 1 fully saturated rings. The van der Waals surface area contributed by atoms with E-state index in [0.29, 0.717) is 33.2 Å². The number of halogens is 2. The van der Waals surface area contributed by atoms with Crippen LogP contribution in [0.5, 0.6) is 0 Å². The summed E-state index contributed by atoms with van der Waals surface area (Å²) in [4.78, 5) is 18.2. The van der Waals surface area contributed by atoms with E-state index in [9.17, 15) is 4.79 Å². The Balaban J connectivity index is 1.70. The van der Waals surface area contributed by atoms with Crippen LogP contribution in [0.2, 0.25) is 10.0 Å². The number of methoxy groups -OCH3 is 1. The Hall–Kier alpha value is -2.61. The first-order valence-electron chi connectivity index (χ1n) is 9.58. The largest absolute Gasteiger partial charge is 0.469 e. The second-order valence-corrected chi connectivity index (χ2v) is 8.20. The number of hydrogen-bond acceptors (Lipinski definition) is 5. The third kappa shape index (κ3) is 4.54. The summed E-state index contributed by atoms with van der Waals surface area (Å²) in [6.45, 7) is 0.379. The van der Waals surface area contributed by atoms with Crippen LogP contribution >= 0.6 is 35.4 Å². The molecule has 0 unspecified atom stereocenters. The molecule has 31 heavy (non-hydrogen) atoms. The van der Waals surface area contributed by atoms with Gasteiger partial charge in [-0.05, 0) is 54.7 Å². The molecule has 1 N–H and O–H groups in total. The van der Waals surface area contributed by atoms with Gasteiger partial charge in [0.05, 0.1) is 30.3 Å². The molecular weight excluding hydrogens is 457 g/mol. The summed E-state index contributed by atoms with van der Waals surface area (Å²) in [5.41, 5.74) is 1.55. The molecule has 0 aliphatic carbocycles. The Kier molecular flexibility index (Phi) is 6.46. The van der Waals surface area contributed by atoms with Crippen LogP contribution in [0, 0.1) is 0 Å². The normalized spacial score (nSPS) is 18.2. The molecule has 6 nitrogen and oxygen atoms in total. The number of rotatable bonds is 6.